The van der Waals surface area contributed by atoms with Crippen LogP contribution in [0.2, 0.25) is 0 Å². The third kappa shape index (κ3) is 5.09. The minimum atomic E-state index is -0.844. The van der Waals surface area contributed by atoms with E-state index in [1.54, 1.807) is 0 Å². The van der Waals surface area contributed by atoms with Gasteiger partial charge in [0.25, 0.3) is 0 Å². The lowest BCUT2D eigenvalue weighted by Crippen LogP contribution is -2.32. The summed E-state index contributed by atoms with van der Waals surface area (Å²) in [5.74, 6) is -0.844. The number of rotatable bonds is 7. The number of aliphatic carboxylic acids is 1. The van der Waals surface area contributed by atoms with Crippen molar-refractivity contribution in [2.24, 2.45) is 0 Å². The molecule has 0 amide bonds. The number of hydrogen-bond acceptors (Lipinski definition) is 4. The lowest BCUT2D eigenvalue weighted by molar-refractivity contribution is -0.149. The lowest BCUT2D eigenvalue weighted by atomic mass is 9.98. The number of nitrogens with one attached hydrogen (secondary N) is 1. The molecule has 1 aliphatic carbocycles. The number of carboxylic acid groups (broad SMARTS) is 1. The Morgan fingerprint density at radius 2 is 2.00 bits per heavy atom. The quantitative estimate of drug-likeness (QED) is 0.688. The van der Waals surface area contributed by atoms with Crippen LogP contribution in [0.4, 0.5) is 0 Å². The van der Waals surface area contributed by atoms with Crippen LogP contribution in [0.1, 0.15) is 44.9 Å². The van der Waals surface area contributed by atoms with E-state index in [1.165, 1.54) is 32.1 Å². The highest BCUT2D eigenvalue weighted by Crippen LogP contribution is 2.20. The average Bonchev–Trinajstić information content (AvgIpc) is 2.89. The average molecular weight is 271 g/mol. The molecule has 1 saturated heterocycles. The van der Waals surface area contributed by atoms with Crippen molar-refractivity contribution in [3.05, 3.63) is 0 Å². The predicted octanol–water partition coefficient (Wildman–Crippen LogP) is 1.56. The molecule has 0 spiro atoms. The Hall–Kier alpha value is -0.650. The molecule has 0 aromatic carbocycles. The smallest absolute Gasteiger partial charge is 0.332 e. The lowest BCUT2D eigenvalue weighted by Gasteiger charge is -2.22. The molecule has 5 nitrogen and oxygen atoms in total. The van der Waals surface area contributed by atoms with Crippen LogP contribution in [-0.4, -0.2) is 49.1 Å². The summed E-state index contributed by atoms with van der Waals surface area (Å²) in [6.07, 6.45) is 7.68. The predicted molar refractivity (Wildman–Crippen MR) is 71.2 cm³/mol. The molecule has 0 bridgehead atoms. The Bertz CT molecular complexity index is 279. The van der Waals surface area contributed by atoms with Gasteiger partial charge in [-0.3, -0.25) is 0 Å². The summed E-state index contributed by atoms with van der Waals surface area (Å²) < 4.78 is 11.2. The molecule has 1 aliphatic heterocycles. The van der Waals surface area contributed by atoms with E-state index in [1.807, 2.05) is 0 Å². The van der Waals surface area contributed by atoms with E-state index in [0.717, 1.165) is 26.1 Å². The first kappa shape index (κ1) is 14.8. The van der Waals surface area contributed by atoms with Crippen LogP contribution in [0.3, 0.4) is 0 Å². The first-order valence-electron chi connectivity index (χ1n) is 7.46. The minimum Gasteiger partial charge on any atom is -0.479 e. The van der Waals surface area contributed by atoms with Crippen molar-refractivity contribution >= 4 is 5.97 Å². The Morgan fingerprint density at radius 3 is 2.68 bits per heavy atom. The van der Waals surface area contributed by atoms with Gasteiger partial charge in [-0.2, -0.15) is 0 Å². The van der Waals surface area contributed by atoms with Gasteiger partial charge < -0.3 is 19.9 Å². The maximum Gasteiger partial charge on any atom is 0.332 e. The molecule has 0 aromatic heterocycles. The molecule has 2 fully saturated rings. The third-order valence-corrected chi connectivity index (χ3v) is 3.94. The van der Waals surface area contributed by atoms with Crippen molar-refractivity contribution in [3.8, 4) is 0 Å². The van der Waals surface area contributed by atoms with E-state index in [-0.39, 0.29) is 6.10 Å². The van der Waals surface area contributed by atoms with Gasteiger partial charge in [-0.05, 0) is 25.7 Å². The zero-order valence-corrected chi connectivity index (χ0v) is 11.5. The Kier molecular flexibility index (Phi) is 6.07. The molecule has 19 heavy (non-hydrogen) atoms. The van der Waals surface area contributed by atoms with Crippen LogP contribution in [0, 0.1) is 0 Å². The zero-order chi connectivity index (χ0) is 13.5. The summed E-state index contributed by atoms with van der Waals surface area (Å²) in [6.45, 7) is 2.27. The normalized spacial score (nSPS) is 28.6. The maximum absolute atomic E-state index is 10.7. The van der Waals surface area contributed by atoms with Gasteiger partial charge in [0.15, 0.2) is 6.10 Å². The Labute approximate surface area is 114 Å². The van der Waals surface area contributed by atoms with Crippen LogP contribution in [0.25, 0.3) is 0 Å². The second kappa shape index (κ2) is 7.82. The number of carbonyl (C=O) groups is 1. The van der Waals surface area contributed by atoms with Gasteiger partial charge in [0.1, 0.15) is 0 Å². The van der Waals surface area contributed by atoms with Gasteiger partial charge >= 0.3 is 5.97 Å². The fourth-order valence-electron chi connectivity index (χ4n) is 2.83. The van der Waals surface area contributed by atoms with E-state index in [2.05, 4.69) is 5.32 Å². The molecule has 2 rings (SSSR count). The van der Waals surface area contributed by atoms with E-state index < -0.39 is 12.1 Å². The zero-order valence-electron chi connectivity index (χ0n) is 11.5. The van der Waals surface area contributed by atoms with Crippen molar-refractivity contribution < 1.29 is 19.4 Å². The van der Waals surface area contributed by atoms with Crippen molar-refractivity contribution in [1.82, 2.24) is 5.32 Å². The molecule has 2 atom stereocenters. The highest BCUT2D eigenvalue weighted by molar-refractivity contribution is 5.72. The first-order chi connectivity index (χ1) is 9.25. The Morgan fingerprint density at radius 1 is 1.21 bits per heavy atom. The van der Waals surface area contributed by atoms with E-state index in [0.29, 0.717) is 12.5 Å². The summed E-state index contributed by atoms with van der Waals surface area (Å²) >= 11 is 0. The Balaban J connectivity index is 1.47. The standard InChI is InChI=1S/C14H25NO4/c16-14(17)13-7-6-12(19-13)10-15-8-9-18-11-4-2-1-3-5-11/h11-13,15H,1-10H2,(H,16,17). The summed E-state index contributed by atoms with van der Waals surface area (Å²) in [7, 11) is 0. The molecule has 0 aromatic rings. The first-order valence-corrected chi connectivity index (χ1v) is 7.46. The third-order valence-electron chi connectivity index (χ3n) is 3.94. The van der Waals surface area contributed by atoms with E-state index in [9.17, 15) is 4.79 Å². The maximum atomic E-state index is 10.7. The summed E-state index contributed by atoms with van der Waals surface area (Å²) in [4.78, 5) is 10.7. The van der Waals surface area contributed by atoms with Crippen molar-refractivity contribution in [2.45, 2.75) is 63.3 Å². The topological polar surface area (TPSA) is 67.8 Å². The van der Waals surface area contributed by atoms with Crippen LogP contribution >= 0.6 is 0 Å². The number of ether oxygens (including phenoxy) is 2. The van der Waals surface area contributed by atoms with E-state index in [4.69, 9.17) is 14.6 Å². The highest BCUT2D eigenvalue weighted by Gasteiger charge is 2.29. The molecule has 2 unspecified atom stereocenters. The van der Waals surface area contributed by atoms with Gasteiger partial charge in [-0.25, -0.2) is 4.79 Å². The second-order valence-corrected chi connectivity index (χ2v) is 5.50. The molecule has 5 heteroatoms. The monoisotopic (exact) mass is 271 g/mol. The van der Waals surface area contributed by atoms with Gasteiger partial charge in [0, 0.05) is 13.1 Å². The second-order valence-electron chi connectivity index (χ2n) is 5.50. The largest absolute Gasteiger partial charge is 0.479 e. The van der Waals surface area contributed by atoms with Crippen molar-refractivity contribution in [2.75, 3.05) is 19.7 Å². The van der Waals surface area contributed by atoms with Gasteiger partial charge in [-0.1, -0.05) is 19.3 Å². The number of hydrogen-bond donors (Lipinski definition) is 2. The molecule has 0 radical (unpaired) electrons. The summed E-state index contributed by atoms with van der Waals surface area (Å²) in [5.41, 5.74) is 0. The summed E-state index contributed by atoms with van der Waals surface area (Å²) in [5, 5.41) is 12.1. The molecule has 1 saturated carbocycles. The summed E-state index contributed by atoms with van der Waals surface area (Å²) in [6, 6.07) is 0. The van der Waals surface area contributed by atoms with Crippen LogP contribution in [-0.2, 0) is 14.3 Å². The molecule has 110 valence electrons. The van der Waals surface area contributed by atoms with Gasteiger partial charge in [0.05, 0.1) is 18.8 Å². The molecular formula is C14H25NO4. The molecule has 2 N–H and O–H groups in total. The molecule has 2 aliphatic rings. The van der Waals surface area contributed by atoms with Crippen molar-refractivity contribution in [1.29, 1.82) is 0 Å². The minimum absolute atomic E-state index is 0.0378. The number of carboxylic acids is 1. The molecular weight excluding hydrogens is 246 g/mol. The van der Waals surface area contributed by atoms with Gasteiger partial charge in [-0.15, -0.1) is 0 Å². The van der Waals surface area contributed by atoms with Crippen LogP contribution in [0.5, 0.6) is 0 Å². The highest BCUT2D eigenvalue weighted by atomic mass is 16.5. The van der Waals surface area contributed by atoms with Crippen LogP contribution < -0.4 is 5.32 Å². The fraction of sp³-hybridized carbons (Fsp3) is 0.929. The van der Waals surface area contributed by atoms with E-state index >= 15 is 0 Å². The van der Waals surface area contributed by atoms with Gasteiger partial charge in [0.2, 0.25) is 0 Å². The van der Waals surface area contributed by atoms with Crippen LogP contribution in [0.15, 0.2) is 0 Å². The fourth-order valence-corrected chi connectivity index (χ4v) is 2.83. The van der Waals surface area contributed by atoms with Crippen molar-refractivity contribution in [3.63, 3.8) is 0 Å². The molecule has 1 heterocycles. The SMILES string of the molecule is O=C(O)C1CCC(CNCCOC2CCCCC2)O1.